The molecule has 1 aromatic heterocycles. The quantitative estimate of drug-likeness (QED) is 0.757. The van der Waals surface area contributed by atoms with Crippen molar-refractivity contribution in [2.45, 2.75) is 13.0 Å². The van der Waals surface area contributed by atoms with Crippen molar-refractivity contribution in [2.75, 3.05) is 6.61 Å². The van der Waals surface area contributed by atoms with Crippen molar-refractivity contribution in [1.29, 1.82) is 0 Å². The molecular formula is C18H17NO4. The molecule has 0 spiro atoms. The van der Waals surface area contributed by atoms with Crippen LogP contribution >= 0.6 is 0 Å². The summed E-state index contributed by atoms with van der Waals surface area (Å²) >= 11 is 0. The van der Waals surface area contributed by atoms with Gasteiger partial charge in [0.25, 0.3) is 5.91 Å². The molecule has 0 fully saturated rings. The van der Waals surface area contributed by atoms with Gasteiger partial charge in [-0.2, -0.15) is 0 Å². The van der Waals surface area contributed by atoms with E-state index in [9.17, 15) is 9.90 Å². The van der Waals surface area contributed by atoms with Crippen LogP contribution in [0.2, 0.25) is 0 Å². The number of furan rings is 1. The number of benzene rings is 2. The van der Waals surface area contributed by atoms with Gasteiger partial charge in [0.15, 0.2) is 18.1 Å². The standard InChI is InChI=1S/C18H17NO4/c1-12(17-10-13-6-2-4-8-15(13)23-17)19-18(21)11-22-16-9-5-3-7-14(16)20/h2-10,12,20H,11H2,1H3,(H,19,21). The molecule has 5 heteroatoms. The van der Waals surface area contributed by atoms with Gasteiger partial charge >= 0.3 is 0 Å². The minimum absolute atomic E-state index is 0.00522. The molecule has 1 heterocycles. The lowest BCUT2D eigenvalue weighted by molar-refractivity contribution is -0.123. The number of nitrogens with one attached hydrogen (secondary N) is 1. The summed E-state index contributed by atoms with van der Waals surface area (Å²) in [5.74, 6) is 0.674. The number of para-hydroxylation sites is 3. The fourth-order valence-corrected chi connectivity index (χ4v) is 2.29. The van der Waals surface area contributed by atoms with Gasteiger partial charge in [-0.1, -0.05) is 30.3 Å². The number of carbonyl (C=O) groups excluding carboxylic acids is 1. The van der Waals surface area contributed by atoms with Crippen LogP contribution in [0.25, 0.3) is 11.0 Å². The Bertz CT molecular complexity index is 792. The van der Waals surface area contributed by atoms with E-state index in [-0.39, 0.29) is 30.1 Å². The predicted molar refractivity (Wildman–Crippen MR) is 86.4 cm³/mol. The third kappa shape index (κ3) is 3.45. The van der Waals surface area contributed by atoms with Crippen LogP contribution in [-0.4, -0.2) is 17.6 Å². The lowest BCUT2D eigenvalue weighted by Crippen LogP contribution is -2.31. The second-order valence-corrected chi connectivity index (χ2v) is 5.23. The second-order valence-electron chi connectivity index (χ2n) is 5.23. The molecule has 3 aromatic rings. The molecule has 118 valence electrons. The topological polar surface area (TPSA) is 71.7 Å². The van der Waals surface area contributed by atoms with Gasteiger partial charge in [-0.05, 0) is 31.2 Å². The van der Waals surface area contributed by atoms with Crippen molar-refractivity contribution in [1.82, 2.24) is 5.32 Å². The molecule has 0 aliphatic carbocycles. The van der Waals surface area contributed by atoms with E-state index >= 15 is 0 Å². The monoisotopic (exact) mass is 311 g/mol. The van der Waals surface area contributed by atoms with Crippen molar-refractivity contribution >= 4 is 16.9 Å². The van der Waals surface area contributed by atoms with Crippen molar-refractivity contribution in [2.24, 2.45) is 0 Å². The van der Waals surface area contributed by atoms with Gasteiger partial charge in [0.05, 0.1) is 6.04 Å². The lowest BCUT2D eigenvalue weighted by Gasteiger charge is -2.12. The molecule has 0 bridgehead atoms. The maximum Gasteiger partial charge on any atom is 0.258 e. The molecule has 5 nitrogen and oxygen atoms in total. The number of hydrogen-bond acceptors (Lipinski definition) is 4. The molecular weight excluding hydrogens is 294 g/mol. The van der Waals surface area contributed by atoms with Crippen LogP contribution in [0.5, 0.6) is 11.5 Å². The summed E-state index contributed by atoms with van der Waals surface area (Å²) in [4.78, 5) is 12.0. The summed E-state index contributed by atoms with van der Waals surface area (Å²) in [6, 6.07) is 15.8. The zero-order valence-corrected chi connectivity index (χ0v) is 12.7. The van der Waals surface area contributed by atoms with Crippen molar-refractivity contribution in [3.63, 3.8) is 0 Å². The van der Waals surface area contributed by atoms with Gasteiger partial charge in [0, 0.05) is 5.39 Å². The fourth-order valence-electron chi connectivity index (χ4n) is 2.29. The first-order valence-electron chi connectivity index (χ1n) is 7.32. The smallest absolute Gasteiger partial charge is 0.258 e. The summed E-state index contributed by atoms with van der Waals surface area (Å²) in [5.41, 5.74) is 0.786. The number of rotatable bonds is 5. The summed E-state index contributed by atoms with van der Waals surface area (Å²) < 4.78 is 11.0. The van der Waals surface area contributed by atoms with Crippen molar-refractivity contribution in [3.05, 3.63) is 60.4 Å². The Morgan fingerprint density at radius 1 is 1.22 bits per heavy atom. The average molecular weight is 311 g/mol. The van der Waals surface area contributed by atoms with Crippen LogP contribution < -0.4 is 10.1 Å². The largest absolute Gasteiger partial charge is 0.504 e. The highest BCUT2D eigenvalue weighted by Crippen LogP contribution is 2.25. The highest BCUT2D eigenvalue weighted by Gasteiger charge is 2.14. The number of aromatic hydroxyl groups is 1. The number of phenols is 1. The first-order valence-corrected chi connectivity index (χ1v) is 7.32. The van der Waals surface area contributed by atoms with Crippen molar-refractivity contribution < 1.29 is 19.1 Å². The fraction of sp³-hybridized carbons (Fsp3) is 0.167. The van der Waals surface area contributed by atoms with E-state index in [0.29, 0.717) is 5.76 Å². The highest BCUT2D eigenvalue weighted by atomic mass is 16.5. The van der Waals surface area contributed by atoms with Gasteiger partial charge in [0.2, 0.25) is 0 Å². The average Bonchev–Trinajstić information content (AvgIpc) is 2.98. The number of amides is 1. The molecule has 2 aromatic carbocycles. The molecule has 23 heavy (non-hydrogen) atoms. The SMILES string of the molecule is CC(NC(=O)COc1ccccc1O)c1cc2ccccc2o1. The van der Waals surface area contributed by atoms with Gasteiger partial charge < -0.3 is 19.6 Å². The molecule has 0 saturated heterocycles. The van der Waals surface area contributed by atoms with E-state index in [1.807, 2.05) is 37.3 Å². The molecule has 1 unspecified atom stereocenters. The number of ether oxygens (including phenoxy) is 1. The lowest BCUT2D eigenvalue weighted by atomic mass is 10.2. The van der Waals surface area contributed by atoms with Gasteiger partial charge in [0.1, 0.15) is 11.3 Å². The third-order valence-electron chi connectivity index (χ3n) is 3.47. The zero-order chi connectivity index (χ0) is 16.2. The Morgan fingerprint density at radius 2 is 1.96 bits per heavy atom. The number of hydrogen-bond donors (Lipinski definition) is 2. The molecule has 0 aliphatic heterocycles. The Kier molecular flexibility index (Phi) is 4.19. The number of fused-ring (bicyclic) bond motifs is 1. The molecule has 0 aliphatic rings. The predicted octanol–water partition coefficient (Wildman–Crippen LogP) is 3.39. The molecule has 0 saturated carbocycles. The first kappa shape index (κ1) is 15.0. The summed E-state index contributed by atoms with van der Waals surface area (Å²) in [7, 11) is 0. The molecule has 0 radical (unpaired) electrons. The molecule has 1 atom stereocenters. The first-order chi connectivity index (χ1) is 11.1. The van der Waals surface area contributed by atoms with Crippen LogP contribution in [0.4, 0.5) is 0 Å². The number of phenolic OH excluding ortho intramolecular Hbond substituents is 1. The minimum atomic E-state index is -0.291. The zero-order valence-electron chi connectivity index (χ0n) is 12.7. The Morgan fingerprint density at radius 3 is 2.74 bits per heavy atom. The maximum atomic E-state index is 12.0. The van der Waals surface area contributed by atoms with Crippen LogP contribution in [-0.2, 0) is 4.79 Å². The van der Waals surface area contributed by atoms with E-state index < -0.39 is 0 Å². The molecule has 2 N–H and O–H groups in total. The van der Waals surface area contributed by atoms with E-state index in [0.717, 1.165) is 11.0 Å². The van der Waals surface area contributed by atoms with Crippen LogP contribution in [0.3, 0.4) is 0 Å². The van der Waals surface area contributed by atoms with Crippen LogP contribution in [0, 0.1) is 0 Å². The van der Waals surface area contributed by atoms with E-state index in [1.165, 1.54) is 6.07 Å². The van der Waals surface area contributed by atoms with Gasteiger partial charge in [-0.3, -0.25) is 4.79 Å². The second kappa shape index (κ2) is 6.44. The van der Waals surface area contributed by atoms with Gasteiger partial charge in [-0.25, -0.2) is 0 Å². The third-order valence-corrected chi connectivity index (χ3v) is 3.47. The summed E-state index contributed by atoms with van der Waals surface area (Å²) in [5, 5.41) is 13.4. The summed E-state index contributed by atoms with van der Waals surface area (Å²) in [6.45, 7) is 1.66. The van der Waals surface area contributed by atoms with Crippen LogP contribution in [0.15, 0.2) is 59.0 Å². The molecule has 3 rings (SSSR count). The maximum absolute atomic E-state index is 12.0. The molecule has 1 amide bonds. The number of carbonyl (C=O) groups is 1. The van der Waals surface area contributed by atoms with Crippen LogP contribution in [0.1, 0.15) is 18.7 Å². The van der Waals surface area contributed by atoms with E-state index in [2.05, 4.69) is 5.32 Å². The minimum Gasteiger partial charge on any atom is -0.504 e. The van der Waals surface area contributed by atoms with Gasteiger partial charge in [-0.15, -0.1) is 0 Å². The Labute approximate surface area is 133 Å². The van der Waals surface area contributed by atoms with E-state index in [4.69, 9.17) is 9.15 Å². The Balaban J connectivity index is 1.60. The highest BCUT2D eigenvalue weighted by molar-refractivity contribution is 5.79. The van der Waals surface area contributed by atoms with Crippen molar-refractivity contribution in [3.8, 4) is 11.5 Å². The Hall–Kier alpha value is -2.95. The normalized spacial score (nSPS) is 12.0. The summed E-state index contributed by atoms with van der Waals surface area (Å²) in [6.07, 6.45) is 0. The van der Waals surface area contributed by atoms with E-state index in [1.54, 1.807) is 18.2 Å².